The molecule has 252 valence electrons. The largest absolute Gasteiger partial charge is 0.481 e. The van der Waals surface area contributed by atoms with E-state index in [9.17, 15) is 15.0 Å². The monoisotopic (exact) mass is 634 g/mol. The number of aliphatic carboxylic acids is 1. The Labute approximate surface area is 285 Å². The zero-order valence-corrected chi connectivity index (χ0v) is 30.9. The maximum absolute atomic E-state index is 11.4. The van der Waals surface area contributed by atoms with Gasteiger partial charge in [-0.15, -0.1) is 0 Å². The summed E-state index contributed by atoms with van der Waals surface area (Å²) in [6.07, 6.45) is -0.466. The van der Waals surface area contributed by atoms with E-state index in [4.69, 9.17) is 0 Å². The lowest BCUT2D eigenvalue weighted by Crippen LogP contribution is -2.13. The fourth-order valence-electron chi connectivity index (χ4n) is 5.56. The van der Waals surface area contributed by atoms with Gasteiger partial charge in [-0.05, 0) is 66.2 Å². The number of rotatable bonds is 6. The zero-order chi connectivity index (χ0) is 35.4. The third-order valence-corrected chi connectivity index (χ3v) is 8.92. The van der Waals surface area contributed by atoms with Crippen LogP contribution in [-0.2, 0) is 26.5 Å². The van der Waals surface area contributed by atoms with Crippen molar-refractivity contribution in [1.29, 1.82) is 0 Å². The maximum atomic E-state index is 11.4. The first-order valence-corrected chi connectivity index (χ1v) is 16.9. The first-order chi connectivity index (χ1) is 21.6. The van der Waals surface area contributed by atoms with Gasteiger partial charge in [0.1, 0.15) is 6.10 Å². The average molecular weight is 635 g/mol. The highest BCUT2D eigenvalue weighted by molar-refractivity contribution is 5.69. The van der Waals surface area contributed by atoms with Crippen molar-refractivity contribution in [3.8, 4) is 0 Å². The van der Waals surface area contributed by atoms with Gasteiger partial charge in [0.05, 0.1) is 6.42 Å². The quantitative estimate of drug-likeness (QED) is 0.222. The van der Waals surface area contributed by atoms with Gasteiger partial charge in [-0.2, -0.15) is 0 Å². The molecule has 0 bridgehead atoms. The van der Waals surface area contributed by atoms with Crippen molar-refractivity contribution in [1.82, 2.24) is 0 Å². The topological polar surface area (TPSA) is 57.5 Å². The standard InChI is InChI=1S/C23H30O2.C21H28O/c1-22(2,3)18-11-7-16(8-12-18)20(15-21(24)25)17-9-13-19(14-10-17)23(4,5)6;1-20(2,3)17-11-7-15(8-12-17)19(22)16-9-13-18(14-10-16)21(4,5)6/h7-14,20H,15H2,1-6H3,(H,24,25);7-14,19,22H,1-6H3. The summed E-state index contributed by atoms with van der Waals surface area (Å²) in [6, 6.07) is 33.4. The summed E-state index contributed by atoms with van der Waals surface area (Å²) in [6.45, 7) is 26.3. The number of aliphatic hydroxyl groups excluding tert-OH is 1. The third-order valence-electron chi connectivity index (χ3n) is 8.92. The third kappa shape index (κ3) is 10.7. The van der Waals surface area contributed by atoms with Gasteiger partial charge in [-0.1, -0.05) is 180 Å². The Kier molecular flexibility index (Phi) is 11.7. The number of carboxylic acids is 1. The van der Waals surface area contributed by atoms with Gasteiger partial charge in [0.2, 0.25) is 0 Å². The predicted octanol–water partition coefficient (Wildman–Crippen LogP) is 11.3. The van der Waals surface area contributed by atoms with E-state index in [1.54, 1.807) is 0 Å². The minimum Gasteiger partial charge on any atom is -0.481 e. The summed E-state index contributed by atoms with van der Waals surface area (Å²) in [7, 11) is 0. The van der Waals surface area contributed by atoms with Crippen LogP contribution in [0.1, 0.15) is 146 Å². The molecule has 3 nitrogen and oxygen atoms in total. The Balaban J connectivity index is 0.000000257. The molecule has 0 aromatic heterocycles. The van der Waals surface area contributed by atoms with Gasteiger partial charge in [0.25, 0.3) is 0 Å². The number of aliphatic hydroxyl groups is 1. The van der Waals surface area contributed by atoms with Crippen molar-refractivity contribution in [2.75, 3.05) is 0 Å². The SMILES string of the molecule is CC(C)(C)c1ccc(C(CC(=O)O)c2ccc(C(C)(C)C)cc2)cc1.CC(C)(C)c1ccc(C(O)c2ccc(C(C)(C)C)cc2)cc1. The van der Waals surface area contributed by atoms with Crippen LogP contribution in [0.3, 0.4) is 0 Å². The summed E-state index contributed by atoms with van der Waals surface area (Å²) in [5.74, 6) is -0.898. The molecular weight excluding hydrogens is 576 g/mol. The molecule has 0 aliphatic heterocycles. The lowest BCUT2D eigenvalue weighted by molar-refractivity contribution is -0.137. The molecule has 3 heteroatoms. The van der Waals surface area contributed by atoms with Gasteiger partial charge in [-0.3, -0.25) is 4.79 Å². The molecule has 0 aliphatic carbocycles. The smallest absolute Gasteiger partial charge is 0.304 e. The molecule has 0 fully saturated rings. The highest BCUT2D eigenvalue weighted by Crippen LogP contribution is 2.33. The van der Waals surface area contributed by atoms with Crippen molar-refractivity contribution in [2.45, 2.75) is 123 Å². The Morgan fingerprint density at radius 3 is 0.851 bits per heavy atom. The van der Waals surface area contributed by atoms with Crippen molar-refractivity contribution in [2.24, 2.45) is 0 Å². The summed E-state index contributed by atoms with van der Waals surface area (Å²) >= 11 is 0. The van der Waals surface area contributed by atoms with Crippen LogP contribution in [0.4, 0.5) is 0 Å². The van der Waals surface area contributed by atoms with Gasteiger partial charge in [-0.25, -0.2) is 0 Å². The van der Waals surface area contributed by atoms with Crippen molar-refractivity contribution >= 4 is 5.97 Å². The molecule has 0 spiro atoms. The van der Waals surface area contributed by atoms with Crippen LogP contribution in [0.25, 0.3) is 0 Å². The minimum atomic E-state index is -0.773. The summed E-state index contributed by atoms with van der Waals surface area (Å²) in [4.78, 5) is 11.4. The van der Waals surface area contributed by atoms with Crippen LogP contribution >= 0.6 is 0 Å². The molecule has 2 N–H and O–H groups in total. The van der Waals surface area contributed by atoms with Gasteiger partial charge < -0.3 is 10.2 Å². The molecule has 0 radical (unpaired) electrons. The number of hydrogen-bond acceptors (Lipinski definition) is 2. The van der Waals surface area contributed by atoms with E-state index in [2.05, 4.69) is 156 Å². The Morgan fingerprint density at radius 1 is 0.447 bits per heavy atom. The van der Waals surface area contributed by atoms with Crippen molar-refractivity contribution < 1.29 is 15.0 Å². The van der Waals surface area contributed by atoms with Gasteiger partial charge in [0, 0.05) is 5.92 Å². The zero-order valence-electron chi connectivity index (χ0n) is 30.9. The summed E-state index contributed by atoms with van der Waals surface area (Å²) < 4.78 is 0. The van der Waals surface area contributed by atoms with E-state index in [-0.39, 0.29) is 34.0 Å². The van der Waals surface area contributed by atoms with Crippen molar-refractivity contribution in [3.63, 3.8) is 0 Å². The van der Waals surface area contributed by atoms with E-state index in [1.807, 2.05) is 24.3 Å². The lowest BCUT2D eigenvalue weighted by Gasteiger charge is -2.23. The van der Waals surface area contributed by atoms with Gasteiger partial charge in [0.15, 0.2) is 0 Å². The second-order valence-corrected chi connectivity index (χ2v) is 17.0. The molecule has 47 heavy (non-hydrogen) atoms. The van der Waals surface area contributed by atoms with E-state index >= 15 is 0 Å². The molecule has 0 amide bonds. The molecule has 0 unspecified atom stereocenters. The van der Waals surface area contributed by atoms with Crippen LogP contribution in [0, 0.1) is 0 Å². The first-order valence-electron chi connectivity index (χ1n) is 16.9. The molecule has 0 atom stereocenters. The Morgan fingerprint density at radius 2 is 0.660 bits per heavy atom. The first kappa shape index (κ1) is 37.8. The van der Waals surface area contributed by atoms with E-state index in [1.165, 1.54) is 22.3 Å². The molecule has 0 saturated carbocycles. The normalized spacial score (nSPS) is 12.6. The Bertz CT molecular complexity index is 1450. The molecule has 4 aromatic carbocycles. The van der Waals surface area contributed by atoms with E-state index in [0.717, 1.165) is 22.3 Å². The Hall–Kier alpha value is -3.69. The fourth-order valence-corrected chi connectivity index (χ4v) is 5.56. The minimum absolute atomic E-state index is 0.0924. The number of carbonyl (C=O) groups is 1. The lowest BCUT2D eigenvalue weighted by atomic mass is 9.82. The highest BCUT2D eigenvalue weighted by atomic mass is 16.4. The van der Waals surface area contributed by atoms with Crippen LogP contribution in [-0.4, -0.2) is 16.2 Å². The molecule has 0 aliphatic rings. The second kappa shape index (κ2) is 14.6. The summed E-state index contributed by atoms with van der Waals surface area (Å²) in [5, 5.41) is 20.0. The molecule has 0 saturated heterocycles. The molecular formula is C44H58O3. The maximum Gasteiger partial charge on any atom is 0.304 e. The molecule has 4 rings (SSSR count). The molecule has 4 aromatic rings. The van der Waals surface area contributed by atoms with Crippen LogP contribution in [0.15, 0.2) is 97.1 Å². The number of hydrogen-bond donors (Lipinski definition) is 2. The second-order valence-electron chi connectivity index (χ2n) is 17.0. The van der Waals surface area contributed by atoms with Crippen LogP contribution in [0.5, 0.6) is 0 Å². The van der Waals surface area contributed by atoms with Crippen LogP contribution < -0.4 is 0 Å². The highest BCUT2D eigenvalue weighted by Gasteiger charge is 2.21. The van der Waals surface area contributed by atoms with E-state index < -0.39 is 12.1 Å². The fraction of sp³-hybridized carbons (Fsp3) is 0.432. The average Bonchev–Trinajstić information content (AvgIpc) is 2.98. The van der Waals surface area contributed by atoms with Gasteiger partial charge >= 0.3 is 5.97 Å². The van der Waals surface area contributed by atoms with E-state index in [0.29, 0.717) is 0 Å². The number of carboxylic acid groups (broad SMARTS) is 1. The predicted molar refractivity (Wildman–Crippen MR) is 199 cm³/mol. The summed E-state index contributed by atoms with van der Waals surface area (Å²) in [5.41, 5.74) is 9.53. The van der Waals surface area contributed by atoms with Crippen molar-refractivity contribution in [3.05, 3.63) is 142 Å². The van der Waals surface area contributed by atoms with Crippen LogP contribution in [0.2, 0.25) is 0 Å². The molecule has 0 heterocycles. The number of benzene rings is 4.